The third-order valence-corrected chi connectivity index (χ3v) is 5.89. The van der Waals surface area contributed by atoms with Crippen LogP contribution in [-0.4, -0.2) is 9.79 Å². The van der Waals surface area contributed by atoms with Gasteiger partial charge >= 0.3 is 0 Å². The smallest absolute Gasteiger partial charge is 0.199 e. The maximum atomic E-state index is 9.79. The van der Waals surface area contributed by atoms with Crippen molar-refractivity contribution in [3.63, 3.8) is 0 Å². The van der Waals surface area contributed by atoms with Gasteiger partial charge in [-0.25, -0.2) is 0 Å². The minimum absolute atomic E-state index is 0.784. The fourth-order valence-electron chi connectivity index (χ4n) is 3.51. The van der Waals surface area contributed by atoms with E-state index in [-0.39, 0.29) is 0 Å². The molecule has 2 N–H and O–H groups in total. The summed E-state index contributed by atoms with van der Waals surface area (Å²) < 4.78 is 0. The molecular weight excluding hydrogens is 327 g/mol. The zero-order valence-corrected chi connectivity index (χ0v) is 17.4. The summed E-state index contributed by atoms with van der Waals surface area (Å²) in [6, 6.07) is 6.10. The minimum atomic E-state index is -1.99. The van der Waals surface area contributed by atoms with Gasteiger partial charge in [0.25, 0.3) is 0 Å². The molecule has 1 aromatic rings. The Bertz CT molecular complexity index is 446. The van der Waals surface area contributed by atoms with Crippen molar-refractivity contribution in [2.24, 2.45) is 0 Å². The van der Waals surface area contributed by atoms with Gasteiger partial charge in [0.2, 0.25) is 0 Å². The molecule has 0 atom stereocenters. The summed E-state index contributed by atoms with van der Waals surface area (Å²) >= 11 is 0. The lowest BCUT2D eigenvalue weighted by Crippen LogP contribution is -2.12. The first-order chi connectivity index (χ1) is 12.2. The van der Waals surface area contributed by atoms with E-state index in [0.29, 0.717) is 0 Å². The molecular formula is C22H39O2P. The highest BCUT2D eigenvalue weighted by molar-refractivity contribution is 7.54. The first-order valence-corrected chi connectivity index (χ1v) is 11.7. The van der Waals surface area contributed by atoms with Crippen LogP contribution in [0, 0.1) is 0 Å². The third-order valence-electron chi connectivity index (χ3n) is 5.04. The molecule has 144 valence electrons. The molecule has 25 heavy (non-hydrogen) atoms. The van der Waals surface area contributed by atoms with Crippen molar-refractivity contribution in [3.05, 3.63) is 29.3 Å². The Morgan fingerprint density at radius 2 is 1.20 bits per heavy atom. The number of hydrogen-bond acceptors (Lipinski definition) is 2. The van der Waals surface area contributed by atoms with E-state index in [2.05, 4.69) is 19.9 Å². The third kappa shape index (κ3) is 9.73. The van der Waals surface area contributed by atoms with Gasteiger partial charge in [-0.1, -0.05) is 90.2 Å². The maximum Gasteiger partial charge on any atom is 0.199 e. The first kappa shape index (κ1) is 22.6. The molecule has 0 aliphatic carbocycles. The lowest BCUT2D eigenvalue weighted by molar-refractivity contribution is 0.496. The molecule has 0 aliphatic rings. The quantitative estimate of drug-likeness (QED) is 0.278. The van der Waals surface area contributed by atoms with E-state index in [1.807, 2.05) is 12.1 Å². The van der Waals surface area contributed by atoms with Crippen LogP contribution in [0.2, 0.25) is 0 Å². The molecule has 0 saturated heterocycles. The number of rotatable bonds is 15. The Hall–Kier alpha value is -0.430. The van der Waals surface area contributed by atoms with Gasteiger partial charge in [-0.3, -0.25) is 0 Å². The molecule has 0 amide bonds. The topological polar surface area (TPSA) is 40.5 Å². The monoisotopic (exact) mass is 366 g/mol. The van der Waals surface area contributed by atoms with Crippen LogP contribution in [-0.2, 0) is 12.8 Å². The van der Waals surface area contributed by atoms with E-state index in [9.17, 15) is 9.79 Å². The number of aryl methyl sites for hydroxylation is 1. The second-order valence-corrected chi connectivity index (χ2v) is 8.30. The van der Waals surface area contributed by atoms with Gasteiger partial charge < -0.3 is 9.79 Å². The van der Waals surface area contributed by atoms with Crippen LogP contribution in [0.4, 0.5) is 0 Å². The van der Waals surface area contributed by atoms with Crippen LogP contribution >= 0.6 is 8.38 Å². The van der Waals surface area contributed by atoms with E-state index < -0.39 is 8.38 Å². The Labute approximate surface area is 157 Å². The zero-order chi connectivity index (χ0) is 18.3. The first-order valence-electron chi connectivity index (χ1n) is 10.5. The fourth-order valence-corrected chi connectivity index (χ4v) is 4.23. The summed E-state index contributed by atoms with van der Waals surface area (Å²) in [5.74, 6) is 0. The van der Waals surface area contributed by atoms with Crippen LogP contribution < -0.4 is 5.30 Å². The molecule has 0 saturated carbocycles. The standard InChI is InChI=1S/C22H39O2P/c1-3-5-7-9-11-13-16-20-17-15-19-22(25(23)24)21(20)18-14-12-10-8-6-4-2/h15,17,19,23-24H,3-14,16,18H2,1-2H3. The average molecular weight is 367 g/mol. The summed E-state index contributed by atoms with van der Waals surface area (Å²) in [6.45, 7) is 4.50. The predicted molar refractivity (Wildman–Crippen MR) is 112 cm³/mol. The highest BCUT2D eigenvalue weighted by atomic mass is 31.2. The predicted octanol–water partition coefficient (Wildman–Crippen LogP) is 6.41. The van der Waals surface area contributed by atoms with E-state index in [1.54, 1.807) is 0 Å². The van der Waals surface area contributed by atoms with Gasteiger partial charge in [-0.2, -0.15) is 0 Å². The number of hydrogen-bond donors (Lipinski definition) is 2. The number of unbranched alkanes of at least 4 members (excludes halogenated alkanes) is 10. The zero-order valence-electron chi connectivity index (χ0n) is 16.5. The van der Waals surface area contributed by atoms with Crippen molar-refractivity contribution >= 4 is 13.7 Å². The van der Waals surface area contributed by atoms with Crippen molar-refractivity contribution in [1.29, 1.82) is 0 Å². The second kappa shape index (κ2) is 14.7. The van der Waals surface area contributed by atoms with Crippen molar-refractivity contribution < 1.29 is 9.79 Å². The highest BCUT2D eigenvalue weighted by Crippen LogP contribution is 2.28. The Balaban J connectivity index is 2.53. The Kier molecular flexibility index (Phi) is 13.3. The molecule has 0 heterocycles. The average Bonchev–Trinajstić information content (AvgIpc) is 2.61. The molecule has 0 radical (unpaired) electrons. The van der Waals surface area contributed by atoms with Gasteiger partial charge in [0.05, 0.1) is 0 Å². The molecule has 3 heteroatoms. The summed E-state index contributed by atoms with van der Waals surface area (Å²) in [6.07, 6.45) is 17.5. The maximum absolute atomic E-state index is 9.79. The van der Waals surface area contributed by atoms with E-state index in [4.69, 9.17) is 0 Å². The lowest BCUT2D eigenvalue weighted by Gasteiger charge is -2.16. The normalized spacial score (nSPS) is 11.4. The molecule has 1 aromatic carbocycles. The van der Waals surface area contributed by atoms with E-state index >= 15 is 0 Å². The second-order valence-electron chi connectivity index (χ2n) is 7.24. The van der Waals surface area contributed by atoms with E-state index in [1.165, 1.54) is 81.8 Å². The molecule has 1 rings (SSSR count). The molecule has 0 aromatic heterocycles. The van der Waals surface area contributed by atoms with E-state index in [0.717, 1.165) is 24.6 Å². The van der Waals surface area contributed by atoms with Crippen LogP contribution in [0.15, 0.2) is 18.2 Å². The highest BCUT2D eigenvalue weighted by Gasteiger charge is 2.14. The van der Waals surface area contributed by atoms with Crippen molar-refractivity contribution in [3.8, 4) is 0 Å². The van der Waals surface area contributed by atoms with Crippen molar-refractivity contribution in [2.75, 3.05) is 0 Å². The SMILES string of the molecule is CCCCCCCCc1cccc(P(O)O)c1CCCCCCCC. The van der Waals surface area contributed by atoms with Crippen LogP contribution in [0.25, 0.3) is 0 Å². The summed E-state index contributed by atoms with van der Waals surface area (Å²) in [4.78, 5) is 19.6. The van der Waals surface area contributed by atoms with Crippen molar-refractivity contribution in [2.45, 2.75) is 104 Å². The van der Waals surface area contributed by atoms with Gasteiger partial charge in [-0.05, 0) is 42.9 Å². The summed E-state index contributed by atoms with van der Waals surface area (Å²) in [7, 11) is -1.99. The molecule has 0 spiro atoms. The summed E-state index contributed by atoms with van der Waals surface area (Å²) in [5, 5.41) is 0.784. The van der Waals surface area contributed by atoms with Gasteiger partial charge in [0, 0.05) is 5.30 Å². The molecule has 2 nitrogen and oxygen atoms in total. The van der Waals surface area contributed by atoms with Gasteiger partial charge in [0.15, 0.2) is 8.38 Å². The van der Waals surface area contributed by atoms with Crippen LogP contribution in [0.5, 0.6) is 0 Å². The van der Waals surface area contributed by atoms with Crippen LogP contribution in [0.1, 0.15) is 102 Å². The minimum Gasteiger partial charge on any atom is -0.347 e. The Morgan fingerprint density at radius 3 is 1.76 bits per heavy atom. The van der Waals surface area contributed by atoms with Gasteiger partial charge in [-0.15, -0.1) is 0 Å². The Morgan fingerprint density at radius 1 is 0.680 bits per heavy atom. The van der Waals surface area contributed by atoms with Gasteiger partial charge in [0.1, 0.15) is 0 Å². The van der Waals surface area contributed by atoms with Crippen LogP contribution in [0.3, 0.4) is 0 Å². The summed E-state index contributed by atoms with van der Waals surface area (Å²) in [5.41, 5.74) is 2.57. The number of benzene rings is 1. The molecule has 0 unspecified atom stereocenters. The fraction of sp³-hybridized carbons (Fsp3) is 0.727. The molecule has 0 aliphatic heterocycles. The largest absolute Gasteiger partial charge is 0.347 e. The lowest BCUT2D eigenvalue weighted by atomic mass is 9.96. The molecule has 0 fully saturated rings. The molecule has 0 bridgehead atoms. The van der Waals surface area contributed by atoms with Crippen molar-refractivity contribution in [1.82, 2.24) is 0 Å².